The standard InChI is InChI=1S/C11H13BrN4O2S/c12-9-7-16-4-3-13-11(16)10(15-9)14-8-1-5-19(17,18)6-2-8/h3-4,7-8H,1-2,5-6H2,(H,14,15). The van der Waals surface area contributed by atoms with E-state index >= 15 is 0 Å². The number of nitrogens with zero attached hydrogens (tertiary/aromatic N) is 3. The van der Waals surface area contributed by atoms with Gasteiger partial charge in [-0.2, -0.15) is 0 Å². The van der Waals surface area contributed by atoms with Gasteiger partial charge in [0, 0.05) is 24.6 Å². The molecule has 1 aliphatic rings. The van der Waals surface area contributed by atoms with Crippen LogP contribution < -0.4 is 5.32 Å². The summed E-state index contributed by atoms with van der Waals surface area (Å²) in [5.41, 5.74) is 0.747. The van der Waals surface area contributed by atoms with Crippen LogP contribution in [0.15, 0.2) is 23.2 Å². The highest BCUT2D eigenvalue weighted by Crippen LogP contribution is 2.21. The maximum Gasteiger partial charge on any atom is 0.180 e. The molecule has 0 unspecified atom stereocenters. The van der Waals surface area contributed by atoms with Crippen LogP contribution in [0.1, 0.15) is 12.8 Å². The zero-order valence-corrected chi connectivity index (χ0v) is 12.5. The van der Waals surface area contributed by atoms with E-state index in [1.165, 1.54) is 0 Å². The highest BCUT2D eigenvalue weighted by Gasteiger charge is 2.24. The van der Waals surface area contributed by atoms with Crippen LogP contribution in [0.2, 0.25) is 0 Å². The van der Waals surface area contributed by atoms with Crippen molar-refractivity contribution in [3.05, 3.63) is 23.2 Å². The summed E-state index contributed by atoms with van der Waals surface area (Å²) < 4.78 is 25.4. The van der Waals surface area contributed by atoms with Crippen molar-refractivity contribution in [2.24, 2.45) is 0 Å². The molecular formula is C11H13BrN4O2S. The Kier molecular flexibility index (Phi) is 3.22. The molecular weight excluding hydrogens is 332 g/mol. The van der Waals surface area contributed by atoms with Gasteiger partial charge in [0.25, 0.3) is 0 Å². The maximum absolute atomic E-state index is 11.4. The van der Waals surface area contributed by atoms with E-state index in [0.717, 1.165) is 5.65 Å². The van der Waals surface area contributed by atoms with Crippen LogP contribution >= 0.6 is 15.9 Å². The molecule has 1 aliphatic heterocycles. The van der Waals surface area contributed by atoms with E-state index < -0.39 is 9.84 Å². The molecule has 0 aliphatic carbocycles. The van der Waals surface area contributed by atoms with Crippen LogP contribution in [-0.4, -0.2) is 40.3 Å². The van der Waals surface area contributed by atoms with Gasteiger partial charge < -0.3 is 9.72 Å². The fourth-order valence-electron chi connectivity index (χ4n) is 2.23. The SMILES string of the molecule is O=S1(=O)CCC(Nc2nc(Br)cn3ccnc23)CC1. The molecule has 0 radical (unpaired) electrons. The van der Waals surface area contributed by atoms with Crippen LogP contribution in [0.3, 0.4) is 0 Å². The molecule has 0 bridgehead atoms. The summed E-state index contributed by atoms with van der Waals surface area (Å²) in [6.45, 7) is 0. The van der Waals surface area contributed by atoms with Crippen molar-refractivity contribution in [3.63, 3.8) is 0 Å². The number of imidazole rings is 1. The molecule has 2 aromatic rings. The molecule has 6 nitrogen and oxygen atoms in total. The molecule has 0 amide bonds. The molecule has 1 fully saturated rings. The lowest BCUT2D eigenvalue weighted by atomic mass is 10.1. The van der Waals surface area contributed by atoms with Crippen LogP contribution in [0.5, 0.6) is 0 Å². The van der Waals surface area contributed by atoms with Crippen molar-refractivity contribution in [1.29, 1.82) is 0 Å². The Balaban J connectivity index is 1.84. The van der Waals surface area contributed by atoms with E-state index in [9.17, 15) is 8.42 Å². The molecule has 0 spiro atoms. The molecule has 3 rings (SSSR count). The lowest BCUT2D eigenvalue weighted by molar-refractivity contribution is 0.559. The molecule has 102 valence electrons. The normalized spacial score (nSPS) is 19.6. The number of rotatable bonds is 2. The predicted molar refractivity (Wildman–Crippen MR) is 76.0 cm³/mol. The van der Waals surface area contributed by atoms with E-state index in [0.29, 0.717) is 23.3 Å². The number of nitrogens with one attached hydrogen (secondary N) is 1. The second kappa shape index (κ2) is 4.75. The Morgan fingerprint density at radius 3 is 2.84 bits per heavy atom. The lowest BCUT2D eigenvalue weighted by Crippen LogP contribution is -2.32. The van der Waals surface area contributed by atoms with Crippen molar-refractivity contribution < 1.29 is 8.42 Å². The van der Waals surface area contributed by atoms with Gasteiger partial charge in [-0.15, -0.1) is 0 Å². The molecule has 19 heavy (non-hydrogen) atoms. The Morgan fingerprint density at radius 1 is 1.37 bits per heavy atom. The van der Waals surface area contributed by atoms with Gasteiger partial charge in [0.1, 0.15) is 14.4 Å². The predicted octanol–water partition coefficient (Wildman–Crippen LogP) is 1.48. The Bertz CT molecular complexity index is 699. The molecule has 0 aromatic carbocycles. The third-order valence-electron chi connectivity index (χ3n) is 3.24. The van der Waals surface area contributed by atoms with Crippen molar-refractivity contribution in [1.82, 2.24) is 14.4 Å². The topological polar surface area (TPSA) is 76.4 Å². The van der Waals surface area contributed by atoms with E-state index in [1.54, 1.807) is 6.20 Å². The van der Waals surface area contributed by atoms with Crippen LogP contribution in [0, 0.1) is 0 Å². The first-order valence-electron chi connectivity index (χ1n) is 6.00. The molecule has 8 heteroatoms. The number of fused-ring (bicyclic) bond motifs is 1. The highest BCUT2D eigenvalue weighted by atomic mass is 79.9. The Hall–Kier alpha value is -1.15. The van der Waals surface area contributed by atoms with Gasteiger partial charge in [-0.05, 0) is 28.8 Å². The second-order valence-corrected chi connectivity index (χ2v) is 7.76. The number of hydrogen-bond acceptors (Lipinski definition) is 5. The molecule has 2 aromatic heterocycles. The highest BCUT2D eigenvalue weighted by molar-refractivity contribution is 9.10. The molecule has 0 atom stereocenters. The van der Waals surface area contributed by atoms with Gasteiger partial charge in [0.2, 0.25) is 0 Å². The first-order valence-corrected chi connectivity index (χ1v) is 8.61. The number of sulfone groups is 1. The fraction of sp³-hybridized carbons (Fsp3) is 0.455. The summed E-state index contributed by atoms with van der Waals surface area (Å²) in [7, 11) is -2.84. The van der Waals surface area contributed by atoms with Gasteiger partial charge in [-0.25, -0.2) is 18.4 Å². The first-order chi connectivity index (χ1) is 9.03. The van der Waals surface area contributed by atoms with E-state index in [-0.39, 0.29) is 17.5 Å². The Labute approximate surface area is 119 Å². The minimum absolute atomic E-state index is 0.130. The number of aromatic nitrogens is 3. The minimum Gasteiger partial charge on any atom is -0.364 e. The van der Waals surface area contributed by atoms with E-state index in [1.807, 2.05) is 16.8 Å². The largest absolute Gasteiger partial charge is 0.364 e. The van der Waals surface area contributed by atoms with Crippen molar-refractivity contribution in [2.45, 2.75) is 18.9 Å². The van der Waals surface area contributed by atoms with Crippen LogP contribution in [-0.2, 0) is 9.84 Å². The van der Waals surface area contributed by atoms with Gasteiger partial charge in [-0.1, -0.05) is 0 Å². The monoisotopic (exact) mass is 344 g/mol. The van der Waals surface area contributed by atoms with Gasteiger partial charge in [-0.3, -0.25) is 0 Å². The summed E-state index contributed by atoms with van der Waals surface area (Å²) in [5, 5.41) is 3.30. The third kappa shape index (κ3) is 2.74. The zero-order chi connectivity index (χ0) is 13.5. The van der Waals surface area contributed by atoms with E-state index in [4.69, 9.17) is 0 Å². The van der Waals surface area contributed by atoms with Crippen molar-refractivity contribution in [3.8, 4) is 0 Å². The summed E-state index contributed by atoms with van der Waals surface area (Å²) in [4.78, 5) is 8.63. The summed E-state index contributed by atoms with van der Waals surface area (Å²) in [6, 6.07) is 0.130. The molecule has 0 saturated carbocycles. The molecule has 1 N–H and O–H groups in total. The van der Waals surface area contributed by atoms with Crippen molar-refractivity contribution in [2.75, 3.05) is 16.8 Å². The quantitative estimate of drug-likeness (QED) is 0.892. The van der Waals surface area contributed by atoms with Gasteiger partial charge in [0.15, 0.2) is 11.5 Å². The van der Waals surface area contributed by atoms with Gasteiger partial charge in [0.05, 0.1) is 11.5 Å². The summed E-state index contributed by atoms with van der Waals surface area (Å²) >= 11 is 3.36. The average molecular weight is 345 g/mol. The third-order valence-corrected chi connectivity index (χ3v) is 5.34. The summed E-state index contributed by atoms with van der Waals surface area (Å²) in [6.07, 6.45) is 6.61. The molecule has 3 heterocycles. The first kappa shape index (κ1) is 12.9. The van der Waals surface area contributed by atoms with Crippen LogP contribution in [0.4, 0.5) is 5.82 Å². The lowest BCUT2D eigenvalue weighted by Gasteiger charge is -2.23. The molecule has 1 saturated heterocycles. The van der Waals surface area contributed by atoms with Gasteiger partial charge >= 0.3 is 0 Å². The smallest absolute Gasteiger partial charge is 0.180 e. The minimum atomic E-state index is -2.84. The second-order valence-electron chi connectivity index (χ2n) is 4.64. The van der Waals surface area contributed by atoms with E-state index in [2.05, 4.69) is 31.2 Å². The maximum atomic E-state index is 11.4. The van der Waals surface area contributed by atoms with Crippen LogP contribution in [0.25, 0.3) is 5.65 Å². The number of hydrogen-bond donors (Lipinski definition) is 1. The zero-order valence-electron chi connectivity index (χ0n) is 10.1. The van der Waals surface area contributed by atoms with Crippen molar-refractivity contribution >= 4 is 37.2 Å². The summed E-state index contributed by atoms with van der Waals surface area (Å²) in [5.74, 6) is 1.16. The Morgan fingerprint density at radius 2 is 2.11 bits per heavy atom. The average Bonchev–Trinajstić information content (AvgIpc) is 2.80. The number of halogens is 1. The fourth-order valence-corrected chi connectivity index (χ4v) is 4.11. The number of anilines is 1.